The minimum atomic E-state index is 0.169. The third-order valence-electron chi connectivity index (χ3n) is 4.16. The lowest BCUT2D eigenvalue weighted by Gasteiger charge is -2.21. The van der Waals surface area contributed by atoms with Gasteiger partial charge in [0, 0.05) is 49.6 Å². The summed E-state index contributed by atoms with van der Waals surface area (Å²) in [5.41, 5.74) is 2.06. The first-order chi connectivity index (χ1) is 11.3. The van der Waals surface area contributed by atoms with Crippen LogP contribution >= 0.6 is 11.3 Å². The van der Waals surface area contributed by atoms with E-state index in [9.17, 15) is 4.79 Å². The lowest BCUT2D eigenvalue weighted by Crippen LogP contribution is -2.36. The van der Waals surface area contributed by atoms with Crippen LogP contribution in [0.25, 0.3) is 0 Å². The smallest absolute Gasteiger partial charge is 0.228 e. The lowest BCUT2D eigenvalue weighted by molar-refractivity contribution is -0.130. The van der Waals surface area contributed by atoms with Crippen LogP contribution in [-0.4, -0.2) is 47.0 Å². The predicted molar refractivity (Wildman–Crippen MR) is 92.8 cm³/mol. The van der Waals surface area contributed by atoms with E-state index in [0.29, 0.717) is 6.42 Å². The number of carbonyl (C=O) groups excluding carboxylic acids is 1. The van der Waals surface area contributed by atoms with Gasteiger partial charge in [-0.05, 0) is 24.5 Å². The van der Waals surface area contributed by atoms with Crippen LogP contribution in [0.4, 0.5) is 5.13 Å². The van der Waals surface area contributed by atoms with Crippen molar-refractivity contribution in [3.8, 4) is 0 Å². The maximum absolute atomic E-state index is 12.5. The molecule has 6 heteroatoms. The molecule has 0 aromatic carbocycles. The Balaban J connectivity index is 1.57. The molecule has 3 rings (SSSR count). The Labute approximate surface area is 141 Å². The van der Waals surface area contributed by atoms with Crippen LogP contribution in [-0.2, 0) is 17.6 Å². The molecule has 1 fully saturated rings. The lowest BCUT2D eigenvalue weighted by atomic mass is 10.2. The molecule has 0 radical (unpaired) electrons. The topological polar surface area (TPSA) is 49.3 Å². The van der Waals surface area contributed by atoms with Crippen molar-refractivity contribution >= 4 is 22.4 Å². The molecule has 0 spiro atoms. The Hall–Kier alpha value is -1.95. The Morgan fingerprint density at radius 2 is 2.13 bits per heavy atom. The van der Waals surface area contributed by atoms with Gasteiger partial charge in [0.15, 0.2) is 5.13 Å². The maximum atomic E-state index is 12.5. The van der Waals surface area contributed by atoms with Gasteiger partial charge in [0.05, 0.1) is 6.42 Å². The fourth-order valence-corrected chi connectivity index (χ4v) is 3.46. The Bertz CT molecular complexity index is 627. The molecule has 2 aromatic heterocycles. The number of hydrogen-bond acceptors (Lipinski definition) is 5. The number of carbonyl (C=O) groups is 1. The molecule has 3 heterocycles. The van der Waals surface area contributed by atoms with Crippen molar-refractivity contribution in [2.75, 3.05) is 31.1 Å². The normalized spacial score (nSPS) is 15.5. The molecule has 0 N–H and O–H groups in total. The SMILES string of the molecule is CCc1ccc(CC(=O)N2CCCN(c3nccs3)CC2)nc1. The molecule has 0 unspecified atom stereocenters. The molecule has 1 aliphatic heterocycles. The predicted octanol–water partition coefficient (Wildman–Crippen LogP) is 2.38. The second kappa shape index (κ2) is 7.55. The fourth-order valence-electron chi connectivity index (χ4n) is 2.77. The molecule has 2 aromatic rings. The summed E-state index contributed by atoms with van der Waals surface area (Å²) in [5, 5.41) is 3.05. The van der Waals surface area contributed by atoms with Gasteiger partial charge >= 0.3 is 0 Å². The highest BCUT2D eigenvalue weighted by molar-refractivity contribution is 7.13. The summed E-state index contributed by atoms with van der Waals surface area (Å²) in [6, 6.07) is 4.03. The molecule has 1 amide bonds. The summed E-state index contributed by atoms with van der Waals surface area (Å²) < 4.78 is 0. The summed E-state index contributed by atoms with van der Waals surface area (Å²) in [7, 11) is 0. The minimum Gasteiger partial charge on any atom is -0.346 e. The number of nitrogens with zero attached hydrogens (tertiary/aromatic N) is 4. The molecular weight excluding hydrogens is 308 g/mol. The summed E-state index contributed by atoms with van der Waals surface area (Å²) in [4.78, 5) is 25.5. The van der Waals surface area contributed by atoms with E-state index in [4.69, 9.17) is 0 Å². The van der Waals surface area contributed by atoms with Crippen molar-refractivity contribution in [3.05, 3.63) is 41.2 Å². The van der Waals surface area contributed by atoms with Crippen molar-refractivity contribution in [3.63, 3.8) is 0 Å². The summed E-state index contributed by atoms with van der Waals surface area (Å²) in [6.45, 7) is 5.48. The summed E-state index contributed by atoms with van der Waals surface area (Å²) in [6.07, 6.45) is 6.05. The average molecular weight is 330 g/mol. The van der Waals surface area contributed by atoms with E-state index in [1.54, 1.807) is 11.3 Å². The van der Waals surface area contributed by atoms with Gasteiger partial charge in [0.2, 0.25) is 5.91 Å². The van der Waals surface area contributed by atoms with E-state index in [2.05, 4.69) is 27.9 Å². The minimum absolute atomic E-state index is 0.169. The van der Waals surface area contributed by atoms with Crippen molar-refractivity contribution < 1.29 is 4.79 Å². The zero-order chi connectivity index (χ0) is 16.1. The van der Waals surface area contributed by atoms with Crippen LogP contribution < -0.4 is 4.90 Å². The quantitative estimate of drug-likeness (QED) is 0.864. The number of anilines is 1. The van der Waals surface area contributed by atoms with Gasteiger partial charge in [-0.15, -0.1) is 11.3 Å². The number of thiazole rings is 1. The molecule has 0 bridgehead atoms. The van der Waals surface area contributed by atoms with Gasteiger partial charge in [-0.2, -0.15) is 0 Å². The number of pyridine rings is 1. The van der Waals surface area contributed by atoms with Crippen LogP contribution in [0.2, 0.25) is 0 Å². The summed E-state index contributed by atoms with van der Waals surface area (Å²) >= 11 is 1.66. The Morgan fingerprint density at radius 3 is 2.83 bits per heavy atom. The van der Waals surface area contributed by atoms with Crippen LogP contribution in [0.1, 0.15) is 24.6 Å². The molecule has 0 saturated carbocycles. The Kier molecular flexibility index (Phi) is 5.23. The third-order valence-corrected chi connectivity index (χ3v) is 5.00. The van der Waals surface area contributed by atoms with Gasteiger partial charge in [-0.1, -0.05) is 13.0 Å². The molecule has 23 heavy (non-hydrogen) atoms. The van der Waals surface area contributed by atoms with Gasteiger partial charge in [-0.25, -0.2) is 4.98 Å². The third kappa shape index (κ3) is 4.07. The van der Waals surface area contributed by atoms with Gasteiger partial charge in [0.1, 0.15) is 0 Å². The van der Waals surface area contributed by atoms with E-state index >= 15 is 0 Å². The average Bonchev–Trinajstić information content (AvgIpc) is 3.00. The van der Waals surface area contributed by atoms with Crippen molar-refractivity contribution in [1.29, 1.82) is 0 Å². The van der Waals surface area contributed by atoms with Crippen LogP contribution in [0.15, 0.2) is 29.9 Å². The highest BCUT2D eigenvalue weighted by Crippen LogP contribution is 2.19. The monoisotopic (exact) mass is 330 g/mol. The number of amides is 1. The summed E-state index contributed by atoms with van der Waals surface area (Å²) in [5.74, 6) is 0.169. The van der Waals surface area contributed by atoms with Crippen molar-refractivity contribution in [2.45, 2.75) is 26.2 Å². The molecule has 5 nitrogen and oxygen atoms in total. The molecule has 0 atom stereocenters. The molecule has 1 saturated heterocycles. The van der Waals surface area contributed by atoms with E-state index in [-0.39, 0.29) is 5.91 Å². The van der Waals surface area contributed by atoms with Gasteiger partial charge in [-0.3, -0.25) is 9.78 Å². The maximum Gasteiger partial charge on any atom is 0.228 e. The number of aromatic nitrogens is 2. The first kappa shape index (κ1) is 15.9. The van der Waals surface area contributed by atoms with Gasteiger partial charge in [0.25, 0.3) is 0 Å². The standard InChI is InChI=1S/C17H22N4OS/c1-2-14-4-5-15(19-13-14)12-16(22)20-7-3-8-21(10-9-20)17-18-6-11-23-17/h4-6,11,13H,2-3,7-10,12H2,1H3. The fraction of sp³-hybridized carbons (Fsp3) is 0.471. The highest BCUT2D eigenvalue weighted by atomic mass is 32.1. The largest absolute Gasteiger partial charge is 0.346 e. The Morgan fingerprint density at radius 1 is 1.22 bits per heavy atom. The van der Waals surface area contributed by atoms with E-state index in [0.717, 1.165) is 49.8 Å². The zero-order valence-electron chi connectivity index (χ0n) is 13.4. The van der Waals surface area contributed by atoms with E-state index in [1.165, 1.54) is 5.56 Å². The molecule has 0 aliphatic carbocycles. The number of aryl methyl sites for hydroxylation is 1. The molecule has 1 aliphatic rings. The van der Waals surface area contributed by atoms with Crippen molar-refractivity contribution in [2.24, 2.45) is 0 Å². The molecular formula is C17H22N4OS. The van der Waals surface area contributed by atoms with Crippen molar-refractivity contribution in [1.82, 2.24) is 14.9 Å². The first-order valence-corrected chi connectivity index (χ1v) is 9.00. The zero-order valence-corrected chi connectivity index (χ0v) is 14.3. The second-order valence-electron chi connectivity index (χ2n) is 5.72. The van der Waals surface area contributed by atoms with E-state index < -0.39 is 0 Å². The van der Waals surface area contributed by atoms with E-state index in [1.807, 2.05) is 28.7 Å². The number of rotatable bonds is 4. The number of hydrogen-bond donors (Lipinski definition) is 0. The van der Waals surface area contributed by atoms with Gasteiger partial charge < -0.3 is 9.80 Å². The van der Waals surface area contributed by atoms with Crippen LogP contribution in [0.5, 0.6) is 0 Å². The van der Waals surface area contributed by atoms with Crippen LogP contribution in [0, 0.1) is 0 Å². The highest BCUT2D eigenvalue weighted by Gasteiger charge is 2.20. The second-order valence-corrected chi connectivity index (χ2v) is 6.60. The van der Waals surface area contributed by atoms with Crippen LogP contribution in [0.3, 0.4) is 0 Å². The first-order valence-electron chi connectivity index (χ1n) is 8.12. The molecule has 122 valence electrons.